The minimum absolute atomic E-state index is 0.290. The highest BCUT2D eigenvalue weighted by Crippen LogP contribution is 2.68. The molecule has 0 bridgehead atoms. The third-order valence-corrected chi connectivity index (χ3v) is 13.5. The number of thiophene rings is 4. The minimum atomic E-state index is -0.290. The first kappa shape index (κ1) is 21.7. The van der Waals surface area contributed by atoms with Gasteiger partial charge in [-0.2, -0.15) is 17.5 Å². The predicted molar refractivity (Wildman–Crippen MR) is 167 cm³/mol. The monoisotopic (exact) mass is 608 g/mol. The van der Waals surface area contributed by atoms with Gasteiger partial charge in [-0.05, 0) is 69.4 Å². The maximum atomic E-state index is 4.67. The summed E-state index contributed by atoms with van der Waals surface area (Å²) in [6, 6.07) is 22.3. The Morgan fingerprint density at radius 1 is 0.513 bits per heavy atom. The fourth-order valence-electron chi connectivity index (χ4n) is 6.38. The van der Waals surface area contributed by atoms with Gasteiger partial charge < -0.3 is 0 Å². The number of benzene rings is 2. The van der Waals surface area contributed by atoms with Crippen molar-refractivity contribution in [3.8, 4) is 40.4 Å². The van der Waals surface area contributed by atoms with E-state index in [9.17, 15) is 0 Å². The summed E-state index contributed by atoms with van der Waals surface area (Å²) in [6.45, 7) is 0. The molecule has 2 aliphatic carbocycles. The van der Waals surface area contributed by atoms with Crippen LogP contribution >= 0.6 is 68.8 Å². The first-order chi connectivity index (χ1) is 19.3. The molecule has 184 valence electrons. The second-order valence-electron chi connectivity index (χ2n) is 9.66. The number of hydrogen-bond donors (Lipinski definition) is 0. The molecule has 2 aliphatic rings. The van der Waals surface area contributed by atoms with Crippen LogP contribution in [0, 0.1) is 0 Å². The Balaban J connectivity index is 1.31. The summed E-state index contributed by atoms with van der Waals surface area (Å²) in [6.07, 6.45) is 0. The number of aromatic nitrogens is 4. The summed E-state index contributed by atoms with van der Waals surface area (Å²) in [5.74, 6) is 0. The molecule has 6 aromatic heterocycles. The molecule has 4 nitrogen and oxygen atoms in total. The van der Waals surface area contributed by atoms with Crippen molar-refractivity contribution in [1.82, 2.24) is 17.5 Å². The highest BCUT2D eigenvalue weighted by molar-refractivity contribution is 7.26. The van der Waals surface area contributed by atoms with E-state index in [1.807, 2.05) is 45.3 Å². The van der Waals surface area contributed by atoms with Crippen molar-refractivity contribution in [3.63, 3.8) is 0 Å². The Morgan fingerprint density at radius 2 is 1.03 bits per heavy atom. The Hall–Kier alpha value is -3.12. The molecule has 0 N–H and O–H groups in total. The summed E-state index contributed by atoms with van der Waals surface area (Å²) >= 11 is 10.1. The minimum Gasteiger partial charge on any atom is -0.173 e. The predicted octanol–water partition coefficient (Wildman–Crippen LogP) is 9.62. The van der Waals surface area contributed by atoms with Crippen LogP contribution in [0.3, 0.4) is 0 Å². The van der Waals surface area contributed by atoms with E-state index in [4.69, 9.17) is 0 Å². The lowest BCUT2D eigenvalue weighted by Crippen LogP contribution is -2.24. The molecular formula is C29H12N4S6. The van der Waals surface area contributed by atoms with Gasteiger partial charge in [0, 0.05) is 30.6 Å². The summed E-state index contributed by atoms with van der Waals surface area (Å²) in [5, 5.41) is 4.52. The largest absolute Gasteiger partial charge is 0.173 e. The molecule has 0 amide bonds. The zero-order valence-corrected chi connectivity index (χ0v) is 24.6. The first-order valence-corrected chi connectivity index (χ1v) is 17.1. The first-order valence-electron chi connectivity index (χ1n) is 12.2. The molecule has 0 atom stereocenters. The van der Waals surface area contributed by atoms with E-state index in [-0.39, 0.29) is 5.41 Å². The maximum Gasteiger partial charge on any atom is 0.113 e. The molecule has 8 aromatic rings. The average molecular weight is 609 g/mol. The van der Waals surface area contributed by atoms with E-state index in [2.05, 4.69) is 88.9 Å². The SMILES string of the molecule is c1cc(-c2cc3c(s2)-c2sc(-c4cccc5nsnc45)cc2C32c3ccsc3-c3sccc32)c2nsnc2c1. The molecule has 10 heteroatoms. The highest BCUT2D eigenvalue weighted by atomic mass is 32.1. The molecule has 0 saturated heterocycles. The second-order valence-corrected chi connectivity index (χ2v) is 14.7. The summed E-state index contributed by atoms with van der Waals surface area (Å²) in [4.78, 5) is 8.08. The van der Waals surface area contributed by atoms with Crippen LogP contribution < -0.4 is 0 Å². The Bertz CT molecular complexity index is 2110. The van der Waals surface area contributed by atoms with Crippen LogP contribution in [-0.2, 0) is 5.41 Å². The van der Waals surface area contributed by atoms with E-state index >= 15 is 0 Å². The molecule has 2 aromatic carbocycles. The Morgan fingerprint density at radius 3 is 1.54 bits per heavy atom. The van der Waals surface area contributed by atoms with Crippen LogP contribution in [0.5, 0.6) is 0 Å². The lowest BCUT2D eigenvalue weighted by Gasteiger charge is -2.27. The van der Waals surface area contributed by atoms with Crippen molar-refractivity contribution in [1.29, 1.82) is 0 Å². The summed E-state index contributed by atoms with van der Waals surface area (Å²) < 4.78 is 18.3. The molecule has 39 heavy (non-hydrogen) atoms. The van der Waals surface area contributed by atoms with Gasteiger partial charge in [0.2, 0.25) is 0 Å². The summed E-state index contributed by atoms with van der Waals surface area (Å²) in [7, 11) is 0. The fourth-order valence-corrected chi connectivity index (χ4v) is 12.2. The van der Waals surface area contributed by atoms with Gasteiger partial charge in [0.15, 0.2) is 0 Å². The second kappa shape index (κ2) is 7.54. The van der Waals surface area contributed by atoms with Crippen LogP contribution in [0.1, 0.15) is 22.3 Å². The van der Waals surface area contributed by atoms with Gasteiger partial charge >= 0.3 is 0 Å². The van der Waals surface area contributed by atoms with Crippen molar-refractivity contribution < 1.29 is 0 Å². The van der Waals surface area contributed by atoms with E-state index in [0.29, 0.717) is 0 Å². The lowest BCUT2D eigenvalue weighted by atomic mass is 9.72. The number of rotatable bonds is 2. The van der Waals surface area contributed by atoms with Crippen molar-refractivity contribution in [2.24, 2.45) is 0 Å². The number of hydrogen-bond acceptors (Lipinski definition) is 10. The third-order valence-electron chi connectivity index (χ3n) is 7.93. The molecule has 0 radical (unpaired) electrons. The van der Waals surface area contributed by atoms with Crippen LogP contribution in [0.2, 0.25) is 0 Å². The summed E-state index contributed by atoms with van der Waals surface area (Å²) in [5.41, 5.74) is 11.6. The smallest absolute Gasteiger partial charge is 0.113 e. The van der Waals surface area contributed by atoms with Crippen LogP contribution in [-0.4, -0.2) is 17.5 Å². The number of fused-ring (bicyclic) bond motifs is 12. The zero-order chi connectivity index (χ0) is 25.3. The van der Waals surface area contributed by atoms with Gasteiger partial charge in [0.1, 0.15) is 22.1 Å². The van der Waals surface area contributed by atoms with Crippen LogP contribution in [0.4, 0.5) is 0 Å². The van der Waals surface area contributed by atoms with Gasteiger partial charge in [-0.1, -0.05) is 24.3 Å². The van der Waals surface area contributed by atoms with Gasteiger partial charge in [-0.25, -0.2) is 0 Å². The van der Waals surface area contributed by atoms with Crippen molar-refractivity contribution in [2.45, 2.75) is 5.41 Å². The van der Waals surface area contributed by atoms with Gasteiger partial charge in [-0.3, -0.25) is 0 Å². The normalized spacial score (nSPS) is 14.4. The molecule has 0 aliphatic heterocycles. The molecule has 1 spiro atoms. The molecule has 0 saturated carbocycles. The maximum absolute atomic E-state index is 4.67. The van der Waals surface area contributed by atoms with Crippen LogP contribution in [0.15, 0.2) is 71.4 Å². The molecule has 0 fully saturated rings. The van der Waals surface area contributed by atoms with E-state index in [0.717, 1.165) is 22.1 Å². The topological polar surface area (TPSA) is 51.6 Å². The van der Waals surface area contributed by atoms with E-state index < -0.39 is 0 Å². The number of nitrogens with zero attached hydrogens (tertiary/aromatic N) is 4. The van der Waals surface area contributed by atoms with Crippen molar-refractivity contribution in [3.05, 3.63) is 93.7 Å². The average Bonchev–Trinajstić information content (AvgIpc) is 3.78. The molecule has 10 rings (SSSR count). The van der Waals surface area contributed by atoms with Gasteiger partial charge in [0.25, 0.3) is 0 Å². The van der Waals surface area contributed by atoms with Crippen LogP contribution in [0.25, 0.3) is 62.5 Å². The zero-order valence-electron chi connectivity index (χ0n) is 19.7. The quantitative estimate of drug-likeness (QED) is 0.196. The van der Waals surface area contributed by atoms with E-state index in [1.54, 1.807) is 0 Å². The molecule has 0 unspecified atom stereocenters. The fraction of sp³-hybridized carbons (Fsp3) is 0.0345. The van der Waals surface area contributed by atoms with E-state index in [1.165, 1.54) is 86.1 Å². The third kappa shape index (κ3) is 2.58. The van der Waals surface area contributed by atoms with Gasteiger partial charge in [-0.15, -0.1) is 45.3 Å². The Kier molecular flexibility index (Phi) is 4.19. The lowest BCUT2D eigenvalue weighted by molar-refractivity contribution is 0.803. The standard InChI is InChI=1S/C29H12N4S6/c1-3-13(23-19(5-1)30-38-32-23)21-11-17-27(36-21)28-18(12-22(37-28)14-4-2-6-20-24(14)33-39-31-20)29(17)15-7-9-34-25(15)26-16(29)8-10-35-26/h1-12H. The molecule has 6 heterocycles. The highest BCUT2D eigenvalue weighted by Gasteiger charge is 2.55. The Labute approximate surface area is 246 Å². The van der Waals surface area contributed by atoms with Crippen molar-refractivity contribution >= 4 is 90.9 Å². The van der Waals surface area contributed by atoms with Gasteiger partial charge in [0.05, 0.1) is 38.6 Å². The van der Waals surface area contributed by atoms with Crippen molar-refractivity contribution in [2.75, 3.05) is 0 Å². The molecular weight excluding hydrogens is 597 g/mol.